The van der Waals surface area contributed by atoms with Crippen molar-refractivity contribution >= 4 is 27.6 Å². The number of nitrogens with one attached hydrogen (secondary N) is 1. The SMILES string of the molecule is C[C@@H](O)[C@@H](NS(=O)(=O)c1ccc(Cl)cc1)C(=O)OCc1nnc(-c2ccccc2)o1. The minimum Gasteiger partial charge on any atom is -0.454 e. The van der Waals surface area contributed by atoms with Gasteiger partial charge in [0.1, 0.15) is 6.04 Å². The molecule has 0 saturated carbocycles. The Balaban J connectivity index is 1.66. The van der Waals surface area contributed by atoms with E-state index in [4.69, 9.17) is 20.8 Å². The highest BCUT2D eigenvalue weighted by atomic mass is 35.5. The van der Waals surface area contributed by atoms with Crippen LogP contribution in [-0.4, -0.2) is 41.8 Å². The van der Waals surface area contributed by atoms with Crippen molar-refractivity contribution in [1.82, 2.24) is 14.9 Å². The zero-order valence-corrected chi connectivity index (χ0v) is 17.3. The summed E-state index contributed by atoms with van der Waals surface area (Å²) in [5.74, 6) is -0.730. The molecule has 0 bridgehead atoms. The molecule has 158 valence electrons. The molecule has 11 heteroatoms. The molecule has 0 saturated heterocycles. The van der Waals surface area contributed by atoms with E-state index >= 15 is 0 Å². The smallest absolute Gasteiger partial charge is 0.327 e. The Morgan fingerprint density at radius 2 is 1.83 bits per heavy atom. The van der Waals surface area contributed by atoms with Gasteiger partial charge in [-0.15, -0.1) is 10.2 Å². The summed E-state index contributed by atoms with van der Waals surface area (Å²) in [7, 11) is -4.10. The van der Waals surface area contributed by atoms with E-state index < -0.39 is 28.1 Å². The zero-order chi connectivity index (χ0) is 21.7. The number of aliphatic hydroxyl groups excluding tert-OH is 1. The first-order valence-corrected chi connectivity index (χ1v) is 10.6. The molecule has 2 aromatic carbocycles. The van der Waals surface area contributed by atoms with Gasteiger partial charge < -0.3 is 14.3 Å². The van der Waals surface area contributed by atoms with E-state index in [0.717, 1.165) is 0 Å². The van der Waals surface area contributed by atoms with E-state index in [1.807, 2.05) is 6.07 Å². The quantitative estimate of drug-likeness (QED) is 0.498. The van der Waals surface area contributed by atoms with Gasteiger partial charge >= 0.3 is 5.97 Å². The van der Waals surface area contributed by atoms with Crippen LogP contribution in [0.2, 0.25) is 5.02 Å². The van der Waals surface area contributed by atoms with Gasteiger partial charge in [0.15, 0.2) is 6.61 Å². The zero-order valence-electron chi connectivity index (χ0n) is 15.7. The number of aromatic nitrogens is 2. The van der Waals surface area contributed by atoms with Gasteiger partial charge in [-0.1, -0.05) is 29.8 Å². The van der Waals surface area contributed by atoms with E-state index in [1.54, 1.807) is 24.3 Å². The van der Waals surface area contributed by atoms with Crippen molar-refractivity contribution in [2.24, 2.45) is 0 Å². The van der Waals surface area contributed by atoms with Crippen LogP contribution < -0.4 is 4.72 Å². The number of esters is 1. The highest BCUT2D eigenvalue weighted by Gasteiger charge is 2.31. The van der Waals surface area contributed by atoms with Crippen LogP contribution in [0.25, 0.3) is 11.5 Å². The predicted molar refractivity (Wildman–Crippen MR) is 107 cm³/mol. The maximum Gasteiger partial charge on any atom is 0.327 e. The van der Waals surface area contributed by atoms with Crippen LogP contribution in [0.3, 0.4) is 0 Å². The minimum absolute atomic E-state index is 0.0205. The number of hydrogen-bond acceptors (Lipinski definition) is 8. The molecule has 0 radical (unpaired) electrons. The van der Waals surface area contributed by atoms with E-state index in [2.05, 4.69) is 14.9 Å². The molecule has 1 aromatic heterocycles. The Bertz CT molecular complexity index is 1100. The average molecular weight is 452 g/mol. The summed E-state index contributed by atoms with van der Waals surface area (Å²) in [5, 5.41) is 17.9. The molecule has 0 aliphatic carbocycles. The number of rotatable bonds is 8. The second-order valence-electron chi connectivity index (χ2n) is 6.27. The third-order valence-corrected chi connectivity index (χ3v) is 5.68. The summed E-state index contributed by atoms with van der Waals surface area (Å²) >= 11 is 5.76. The lowest BCUT2D eigenvalue weighted by atomic mass is 10.2. The molecule has 30 heavy (non-hydrogen) atoms. The van der Waals surface area contributed by atoms with E-state index in [1.165, 1.54) is 31.2 Å². The van der Waals surface area contributed by atoms with Crippen LogP contribution in [0.4, 0.5) is 0 Å². The number of sulfonamides is 1. The fourth-order valence-electron chi connectivity index (χ4n) is 2.42. The summed E-state index contributed by atoms with van der Waals surface area (Å²) < 4.78 is 37.6. The summed E-state index contributed by atoms with van der Waals surface area (Å²) in [4.78, 5) is 12.3. The molecule has 0 aliphatic heterocycles. The lowest BCUT2D eigenvalue weighted by Crippen LogP contribution is -2.48. The Morgan fingerprint density at radius 3 is 2.47 bits per heavy atom. The molecule has 3 rings (SSSR count). The lowest BCUT2D eigenvalue weighted by Gasteiger charge is -2.19. The lowest BCUT2D eigenvalue weighted by molar-refractivity contribution is -0.150. The van der Waals surface area contributed by atoms with Crippen LogP contribution in [-0.2, 0) is 26.2 Å². The Hall–Kier alpha value is -2.79. The van der Waals surface area contributed by atoms with E-state index in [9.17, 15) is 18.3 Å². The van der Waals surface area contributed by atoms with Gasteiger partial charge in [-0.05, 0) is 43.3 Å². The van der Waals surface area contributed by atoms with Crippen LogP contribution in [0, 0.1) is 0 Å². The van der Waals surface area contributed by atoms with Crippen LogP contribution in [0.1, 0.15) is 12.8 Å². The Kier molecular flexibility index (Phi) is 6.83. The third kappa shape index (κ3) is 5.42. The monoisotopic (exact) mass is 451 g/mol. The highest BCUT2D eigenvalue weighted by molar-refractivity contribution is 7.89. The van der Waals surface area contributed by atoms with Gasteiger partial charge in [0.05, 0.1) is 11.0 Å². The van der Waals surface area contributed by atoms with E-state index in [0.29, 0.717) is 10.6 Å². The molecule has 2 atom stereocenters. The predicted octanol–water partition coefficient (Wildman–Crippen LogP) is 2.16. The number of nitrogens with zero attached hydrogens (tertiary/aromatic N) is 2. The van der Waals surface area contributed by atoms with Crippen molar-refractivity contribution in [3.8, 4) is 11.5 Å². The molecular formula is C19H18ClN3O6S. The van der Waals surface area contributed by atoms with Gasteiger partial charge in [0, 0.05) is 10.6 Å². The van der Waals surface area contributed by atoms with Crippen molar-refractivity contribution < 1.29 is 27.5 Å². The van der Waals surface area contributed by atoms with Gasteiger partial charge in [-0.25, -0.2) is 8.42 Å². The molecule has 9 nitrogen and oxygen atoms in total. The first-order valence-electron chi connectivity index (χ1n) is 8.76. The number of carbonyl (C=O) groups is 1. The number of aliphatic hydroxyl groups is 1. The number of benzene rings is 2. The van der Waals surface area contributed by atoms with Crippen molar-refractivity contribution in [3.05, 3.63) is 65.5 Å². The van der Waals surface area contributed by atoms with Crippen LogP contribution >= 0.6 is 11.6 Å². The van der Waals surface area contributed by atoms with Crippen molar-refractivity contribution in [2.75, 3.05) is 0 Å². The summed E-state index contributed by atoms with van der Waals surface area (Å²) in [6.07, 6.45) is -1.36. The number of halogens is 1. The first-order chi connectivity index (χ1) is 14.3. The molecule has 3 aromatic rings. The van der Waals surface area contributed by atoms with Crippen LogP contribution in [0.5, 0.6) is 0 Å². The Labute approximate surface area is 177 Å². The second kappa shape index (κ2) is 9.35. The topological polar surface area (TPSA) is 132 Å². The summed E-state index contributed by atoms with van der Waals surface area (Å²) in [5.41, 5.74) is 0.695. The summed E-state index contributed by atoms with van der Waals surface area (Å²) in [6.45, 7) is 0.876. The highest BCUT2D eigenvalue weighted by Crippen LogP contribution is 2.18. The molecule has 0 aliphatic rings. The number of ether oxygens (including phenoxy) is 1. The van der Waals surface area contributed by atoms with Crippen LogP contribution in [0.15, 0.2) is 63.9 Å². The maximum atomic E-state index is 12.5. The molecule has 1 heterocycles. The van der Waals surface area contributed by atoms with Gasteiger partial charge in [-0.2, -0.15) is 4.72 Å². The van der Waals surface area contributed by atoms with Gasteiger partial charge in [-0.3, -0.25) is 4.79 Å². The van der Waals surface area contributed by atoms with Crippen molar-refractivity contribution in [2.45, 2.75) is 30.6 Å². The largest absolute Gasteiger partial charge is 0.454 e. The fourth-order valence-corrected chi connectivity index (χ4v) is 3.81. The Morgan fingerprint density at radius 1 is 1.17 bits per heavy atom. The maximum absolute atomic E-state index is 12.5. The molecular weight excluding hydrogens is 434 g/mol. The molecule has 0 fully saturated rings. The standard InChI is InChI=1S/C19H18ClN3O6S/c1-12(24)17(23-30(26,27)15-9-7-14(20)8-10-15)19(25)28-11-16-21-22-18(29-16)13-5-3-2-4-6-13/h2-10,12,17,23-24H,11H2,1H3/t12-,17-/m1/s1. The number of hydrogen-bond donors (Lipinski definition) is 2. The first kappa shape index (κ1) is 21.9. The normalized spacial score (nSPS) is 13.6. The number of carbonyl (C=O) groups excluding carboxylic acids is 1. The van der Waals surface area contributed by atoms with Gasteiger partial charge in [0.2, 0.25) is 15.9 Å². The third-order valence-electron chi connectivity index (χ3n) is 3.97. The molecule has 2 N–H and O–H groups in total. The molecule has 0 unspecified atom stereocenters. The fraction of sp³-hybridized carbons (Fsp3) is 0.211. The average Bonchev–Trinajstić information content (AvgIpc) is 3.20. The van der Waals surface area contributed by atoms with E-state index in [-0.39, 0.29) is 23.3 Å². The molecule has 0 amide bonds. The van der Waals surface area contributed by atoms with Crippen molar-refractivity contribution in [1.29, 1.82) is 0 Å². The van der Waals surface area contributed by atoms with Crippen molar-refractivity contribution in [3.63, 3.8) is 0 Å². The second-order valence-corrected chi connectivity index (χ2v) is 8.42. The summed E-state index contributed by atoms with van der Waals surface area (Å²) in [6, 6.07) is 12.8. The minimum atomic E-state index is -4.10. The molecule has 0 spiro atoms. The van der Waals surface area contributed by atoms with Gasteiger partial charge in [0.25, 0.3) is 5.89 Å².